The Bertz CT molecular complexity index is 594. The molecule has 1 heterocycles. The number of amides is 1. The Labute approximate surface area is 152 Å². The first-order chi connectivity index (χ1) is 11.5. The van der Waals surface area contributed by atoms with Gasteiger partial charge in [-0.1, -0.05) is 32.9 Å². The van der Waals surface area contributed by atoms with Crippen molar-refractivity contribution in [2.45, 2.75) is 70.6 Å². The SMILES string of the molecule is COc1ccc(CN2C(=O)CC[C@@H](O[Si](C)(C)C(C)(C)C)C2O)cc1. The van der Waals surface area contributed by atoms with Crippen molar-refractivity contribution in [1.82, 2.24) is 4.90 Å². The van der Waals surface area contributed by atoms with E-state index >= 15 is 0 Å². The lowest BCUT2D eigenvalue weighted by molar-refractivity contribution is -0.161. The zero-order valence-corrected chi connectivity index (χ0v) is 17.2. The van der Waals surface area contributed by atoms with Gasteiger partial charge < -0.3 is 19.2 Å². The molecule has 0 bridgehead atoms. The van der Waals surface area contributed by atoms with Gasteiger partial charge in [-0.15, -0.1) is 0 Å². The minimum Gasteiger partial charge on any atom is -0.497 e. The molecule has 1 fully saturated rings. The summed E-state index contributed by atoms with van der Waals surface area (Å²) in [5, 5.41) is 10.8. The normalized spacial score (nSPS) is 22.2. The molecule has 1 N–H and O–H groups in total. The van der Waals surface area contributed by atoms with E-state index in [1.54, 1.807) is 7.11 Å². The molecule has 0 spiro atoms. The highest BCUT2D eigenvalue weighted by Gasteiger charge is 2.43. The van der Waals surface area contributed by atoms with Gasteiger partial charge in [0.2, 0.25) is 5.91 Å². The van der Waals surface area contributed by atoms with E-state index in [4.69, 9.17) is 9.16 Å². The average Bonchev–Trinajstić information content (AvgIpc) is 2.53. The van der Waals surface area contributed by atoms with Gasteiger partial charge in [-0.25, -0.2) is 0 Å². The third-order valence-electron chi connectivity index (χ3n) is 5.38. The van der Waals surface area contributed by atoms with Crippen LogP contribution in [0.3, 0.4) is 0 Å². The summed E-state index contributed by atoms with van der Waals surface area (Å²) in [6.45, 7) is 11.2. The van der Waals surface area contributed by atoms with E-state index in [-0.39, 0.29) is 17.0 Å². The van der Waals surface area contributed by atoms with E-state index in [0.717, 1.165) is 11.3 Å². The number of rotatable bonds is 5. The van der Waals surface area contributed by atoms with Gasteiger partial charge in [0.25, 0.3) is 0 Å². The second kappa shape index (κ2) is 7.48. The zero-order valence-electron chi connectivity index (χ0n) is 16.2. The van der Waals surface area contributed by atoms with Gasteiger partial charge in [-0.05, 0) is 42.2 Å². The Morgan fingerprint density at radius 3 is 2.36 bits per heavy atom. The highest BCUT2D eigenvalue weighted by Crippen LogP contribution is 2.39. The van der Waals surface area contributed by atoms with Crippen LogP contribution in [0.15, 0.2) is 24.3 Å². The smallest absolute Gasteiger partial charge is 0.225 e. The van der Waals surface area contributed by atoms with Crippen LogP contribution in [0.25, 0.3) is 0 Å². The molecular formula is C19H31NO4Si. The van der Waals surface area contributed by atoms with E-state index in [9.17, 15) is 9.90 Å². The summed E-state index contributed by atoms with van der Waals surface area (Å²) in [6.07, 6.45) is -0.243. The highest BCUT2D eigenvalue weighted by atomic mass is 28.4. The van der Waals surface area contributed by atoms with Crippen LogP contribution in [-0.2, 0) is 15.8 Å². The number of benzene rings is 1. The highest BCUT2D eigenvalue weighted by molar-refractivity contribution is 6.74. The maximum atomic E-state index is 12.3. The van der Waals surface area contributed by atoms with Crippen molar-refractivity contribution in [3.05, 3.63) is 29.8 Å². The number of methoxy groups -OCH3 is 1. The fraction of sp³-hybridized carbons (Fsp3) is 0.632. The third-order valence-corrected chi connectivity index (χ3v) is 9.88. The minimum absolute atomic E-state index is 0.0293. The summed E-state index contributed by atoms with van der Waals surface area (Å²) in [5.41, 5.74) is 0.959. The van der Waals surface area contributed by atoms with Gasteiger partial charge in [0.05, 0.1) is 13.2 Å². The van der Waals surface area contributed by atoms with Crippen LogP contribution in [-0.4, -0.2) is 43.7 Å². The molecule has 1 aromatic carbocycles. The second-order valence-electron chi connectivity index (χ2n) is 8.24. The van der Waals surface area contributed by atoms with Gasteiger partial charge in [-0.2, -0.15) is 0 Å². The van der Waals surface area contributed by atoms with E-state index in [1.807, 2.05) is 24.3 Å². The Morgan fingerprint density at radius 1 is 1.24 bits per heavy atom. The molecular weight excluding hydrogens is 334 g/mol. The number of aliphatic hydroxyl groups is 1. The standard InChI is InChI=1S/C19H31NO4Si/c1-19(2,3)25(5,6)24-16-11-12-17(21)20(18(16)22)13-14-7-9-15(23-4)10-8-14/h7-10,16,18,22H,11-13H2,1-6H3/t16-,18?/m1/s1. The fourth-order valence-corrected chi connectivity index (χ4v) is 4.04. The molecule has 0 aliphatic carbocycles. The first-order valence-electron chi connectivity index (χ1n) is 8.83. The predicted molar refractivity (Wildman–Crippen MR) is 101 cm³/mol. The van der Waals surface area contributed by atoms with Crippen LogP contribution >= 0.6 is 0 Å². The summed E-state index contributed by atoms with van der Waals surface area (Å²) < 4.78 is 11.5. The van der Waals surface area contributed by atoms with E-state index in [2.05, 4.69) is 33.9 Å². The fourth-order valence-electron chi connectivity index (χ4n) is 2.69. The molecule has 0 radical (unpaired) electrons. The first kappa shape index (κ1) is 19.9. The lowest BCUT2D eigenvalue weighted by Gasteiger charge is -2.44. The minimum atomic E-state index is -2.00. The molecule has 1 saturated heterocycles. The van der Waals surface area contributed by atoms with Crippen molar-refractivity contribution >= 4 is 14.2 Å². The molecule has 0 aromatic heterocycles. The molecule has 5 nitrogen and oxygen atoms in total. The van der Waals surface area contributed by atoms with Crippen LogP contribution in [0.1, 0.15) is 39.2 Å². The molecule has 0 saturated carbocycles. The largest absolute Gasteiger partial charge is 0.497 e. The lowest BCUT2D eigenvalue weighted by Crippen LogP contribution is -2.56. The number of piperidine rings is 1. The topological polar surface area (TPSA) is 59.0 Å². The second-order valence-corrected chi connectivity index (χ2v) is 13.0. The number of carbonyl (C=O) groups excluding carboxylic acids is 1. The molecule has 2 atom stereocenters. The van der Waals surface area contributed by atoms with E-state index in [1.165, 1.54) is 4.90 Å². The van der Waals surface area contributed by atoms with Crippen molar-refractivity contribution in [3.63, 3.8) is 0 Å². The van der Waals surface area contributed by atoms with E-state index in [0.29, 0.717) is 19.4 Å². The van der Waals surface area contributed by atoms with E-state index < -0.39 is 14.5 Å². The molecule has 1 unspecified atom stereocenters. The van der Waals surface area contributed by atoms with Crippen LogP contribution < -0.4 is 4.74 Å². The summed E-state index contributed by atoms with van der Waals surface area (Å²) in [6, 6.07) is 7.55. The van der Waals surface area contributed by atoms with Crippen LogP contribution in [0.5, 0.6) is 5.75 Å². The van der Waals surface area contributed by atoms with Crippen molar-refractivity contribution in [3.8, 4) is 5.75 Å². The number of likely N-dealkylation sites (tertiary alicyclic amines) is 1. The van der Waals surface area contributed by atoms with Gasteiger partial charge in [-0.3, -0.25) is 4.79 Å². The zero-order chi connectivity index (χ0) is 18.8. The third kappa shape index (κ3) is 4.62. The quantitative estimate of drug-likeness (QED) is 0.811. The number of nitrogens with zero attached hydrogens (tertiary/aromatic N) is 1. The number of hydrogen-bond acceptors (Lipinski definition) is 4. The monoisotopic (exact) mass is 365 g/mol. The summed E-state index contributed by atoms with van der Waals surface area (Å²) in [4.78, 5) is 13.9. The van der Waals surface area contributed by atoms with Gasteiger partial charge in [0.1, 0.15) is 5.75 Å². The number of aliphatic hydroxyl groups excluding tert-OH is 1. The maximum absolute atomic E-state index is 12.3. The Balaban J connectivity index is 2.11. The Hall–Kier alpha value is -1.37. The molecule has 1 amide bonds. The number of ether oxygens (including phenoxy) is 1. The number of carbonyl (C=O) groups is 1. The van der Waals surface area contributed by atoms with Gasteiger partial charge in [0, 0.05) is 13.0 Å². The van der Waals surface area contributed by atoms with Crippen molar-refractivity contribution in [2.75, 3.05) is 7.11 Å². The summed E-state index contributed by atoms with van der Waals surface area (Å²) in [7, 11) is -0.384. The van der Waals surface area contributed by atoms with Crippen LogP contribution in [0, 0.1) is 0 Å². The Morgan fingerprint density at radius 2 is 1.84 bits per heavy atom. The first-order valence-corrected chi connectivity index (χ1v) is 11.7. The van der Waals surface area contributed by atoms with Gasteiger partial charge >= 0.3 is 0 Å². The van der Waals surface area contributed by atoms with Crippen LogP contribution in [0.4, 0.5) is 0 Å². The molecule has 6 heteroatoms. The van der Waals surface area contributed by atoms with Crippen molar-refractivity contribution in [1.29, 1.82) is 0 Å². The molecule has 1 aliphatic rings. The molecule has 140 valence electrons. The molecule has 2 rings (SSSR count). The average molecular weight is 366 g/mol. The molecule has 25 heavy (non-hydrogen) atoms. The van der Waals surface area contributed by atoms with Gasteiger partial charge in [0.15, 0.2) is 14.5 Å². The predicted octanol–water partition coefficient (Wildman–Crippen LogP) is 3.53. The lowest BCUT2D eigenvalue weighted by atomic mass is 10.0. The molecule has 1 aliphatic heterocycles. The summed E-state index contributed by atoms with van der Waals surface area (Å²) in [5.74, 6) is 0.742. The van der Waals surface area contributed by atoms with Crippen LogP contribution in [0.2, 0.25) is 18.1 Å². The molecule has 1 aromatic rings. The Kier molecular flexibility index (Phi) is 5.96. The van der Waals surface area contributed by atoms with Crippen molar-refractivity contribution in [2.24, 2.45) is 0 Å². The summed E-state index contributed by atoms with van der Waals surface area (Å²) >= 11 is 0. The maximum Gasteiger partial charge on any atom is 0.225 e. The number of hydrogen-bond donors (Lipinski definition) is 1. The van der Waals surface area contributed by atoms with Crippen molar-refractivity contribution < 1.29 is 19.1 Å².